The lowest BCUT2D eigenvalue weighted by Gasteiger charge is -2.23. The fourth-order valence-corrected chi connectivity index (χ4v) is 4.34. The third-order valence-electron chi connectivity index (χ3n) is 6.40. The summed E-state index contributed by atoms with van der Waals surface area (Å²) in [5, 5.41) is 1.22. The number of nitrogens with zero attached hydrogens (tertiary/aromatic N) is 1. The smallest absolute Gasteiger partial charge is 0.225 e. The topological polar surface area (TPSA) is 54.6 Å². The van der Waals surface area contributed by atoms with Crippen LogP contribution < -0.4 is 9.47 Å². The van der Waals surface area contributed by atoms with Gasteiger partial charge in [-0.2, -0.15) is 0 Å². The van der Waals surface area contributed by atoms with Crippen molar-refractivity contribution in [1.29, 1.82) is 0 Å². The lowest BCUT2D eigenvalue weighted by Crippen LogP contribution is -2.33. The fourth-order valence-electron chi connectivity index (χ4n) is 4.34. The Hall–Kier alpha value is -3.73. The summed E-state index contributed by atoms with van der Waals surface area (Å²) in [6.07, 6.45) is 4.87. The molecule has 0 bridgehead atoms. The first-order valence-corrected chi connectivity index (χ1v) is 11.9. The fraction of sp³-hybridized carbons (Fsp3) is 0.276. The number of hydrogen-bond acceptors (Lipinski definition) is 3. The van der Waals surface area contributed by atoms with E-state index in [0.717, 1.165) is 35.9 Å². The Morgan fingerprint density at radius 2 is 1.76 bits per heavy atom. The molecule has 0 spiro atoms. The summed E-state index contributed by atoms with van der Waals surface area (Å²) >= 11 is 0. The predicted molar refractivity (Wildman–Crippen MR) is 134 cm³/mol. The molecule has 4 aromatic rings. The van der Waals surface area contributed by atoms with Gasteiger partial charge in [0.2, 0.25) is 5.91 Å². The summed E-state index contributed by atoms with van der Waals surface area (Å²) < 4.78 is 11.6. The van der Waals surface area contributed by atoms with E-state index < -0.39 is 0 Å². The van der Waals surface area contributed by atoms with Gasteiger partial charge >= 0.3 is 0 Å². The summed E-state index contributed by atoms with van der Waals surface area (Å²) in [6, 6.07) is 24.3. The number of nitrogens with one attached hydrogen (secondary N) is 1. The molecule has 1 aromatic heterocycles. The Balaban J connectivity index is 1.31. The number of aromatic amines is 1. The Morgan fingerprint density at radius 3 is 2.56 bits per heavy atom. The molecule has 3 aromatic carbocycles. The largest absolute Gasteiger partial charge is 0.493 e. The minimum Gasteiger partial charge on any atom is -0.493 e. The number of para-hydroxylation sites is 1. The Bertz CT molecular complexity index is 1260. The second-order valence-corrected chi connectivity index (χ2v) is 8.90. The molecule has 0 saturated heterocycles. The van der Waals surface area contributed by atoms with E-state index in [4.69, 9.17) is 9.47 Å². The van der Waals surface area contributed by atoms with Gasteiger partial charge in [-0.05, 0) is 54.2 Å². The first-order valence-electron chi connectivity index (χ1n) is 11.9. The number of carbonyl (C=O) groups excluding carboxylic acids is 1. The van der Waals surface area contributed by atoms with Gasteiger partial charge in [0, 0.05) is 36.1 Å². The van der Waals surface area contributed by atoms with Crippen LogP contribution in [-0.4, -0.2) is 29.4 Å². The highest BCUT2D eigenvalue weighted by Gasteiger charge is 2.33. The van der Waals surface area contributed by atoms with Crippen LogP contribution in [0.15, 0.2) is 79.0 Å². The van der Waals surface area contributed by atoms with Gasteiger partial charge in [0.15, 0.2) is 11.5 Å². The maximum absolute atomic E-state index is 13.1. The minimum atomic E-state index is 0.176. The van der Waals surface area contributed by atoms with Gasteiger partial charge < -0.3 is 19.4 Å². The minimum absolute atomic E-state index is 0.176. The third kappa shape index (κ3) is 5.09. The molecule has 0 atom stereocenters. The number of ether oxygens (including phenoxy) is 2. The van der Waals surface area contributed by atoms with E-state index in [2.05, 4.69) is 29.4 Å². The molecule has 5 heteroatoms. The predicted octanol–water partition coefficient (Wildman–Crippen LogP) is 5.74. The third-order valence-corrected chi connectivity index (χ3v) is 6.40. The van der Waals surface area contributed by atoms with E-state index in [0.29, 0.717) is 31.2 Å². The van der Waals surface area contributed by atoms with Crippen molar-refractivity contribution < 1.29 is 14.3 Å². The van der Waals surface area contributed by atoms with Crippen LogP contribution in [0, 0.1) is 5.92 Å². The second-order valence-electron chi connectivity index (χ2n) is 8.90. The van der Waals surface area contributed by atoms with E-state index in [1.165, 1.54) is 10.9 Å². The highest BCUT2D eigenvalue weighted by atomic mass is 16.5. The molecule has 1 aliphatic carbocycles. The van der Waals surface area contributed by atoms with E-state index in [1.807, 2.05) is 59.5 Å². The summed E-state index contributed by atoms with van der Waals surface area (Å²) in [7, 11) is 1.65. The van der Waals surface area contributed by atoms with Crippen molar-refractivity contribution in [2.75, 3.05) is 13.7 Å². The molecule has 174 valence electrons. The summed E-state index contributed by atoms with van der Waals surface area (Å²) in [5.41, 5.74) is 4.51. The van der Waals surface area contributed by atoms with Crippen LogP contribution in [0.4, 0.5) is 0 Å². The number of rotatable bonds is 10. The van der Waals surface area contributed by atoms with Crippen LogP contribution in [0.5, 0.6) is 11.5 Å². The van der Waals surface area contributed by atoms with Gasteiger partial charge in [-0.15, -0.1) is 0 Å². The number of fused-ring (bicyclic) bond motifs is 1. The highest BCUT2D eigenvalue weighted by Crippen LogP contribution is 2.33. The van der Waals surface area contributed by atoms with Gasteiger partial charge in [0.25, 0.3) is 0 Å². The molecule has 5 nitrogen and oxygen atoms in total. The van der Waals surface area contributed by atoms with E-state index >= 15 is 0 Å². The molecule has 1 amide bonds. The molecular formula is C29H30N2O3. The van der Waals surface area contributed by atoms with Crippen molar-refractivity contribution in [2.45, 2.75) is 32.4 Å². The molecule has 0 unspecified atom stereocenters. The van der Waals surface area contributed by atoms with Crippen molar-refractivity contribution in [3.63, 3.8) is 0 Å². The summed E-state index contributed by atoms with van der Waals surface area (Å²) in [4.78, 5) is 18.5. The van der Waals surface area contributed by atoms with Crippen molar-refractivity contribution in [2.24, 2.45) is 5.92 Å². The molecule has 5 rings (SSSR count). The zero-order chi connectivity index (χ0) is 23.3. The van der Waals surface area contributed by atoms with Crippen LogP contribution in [-0.2, 0) is 24.4 Å². The summed E-state index contributed by atoms with van der Waals surface area (Å²) in [6.45, 7) is 1.71. The maximum atomic E-state index is 13.1. The first-order chi connectivity index (χ1) is 16.7. The quantitative estimate of drug-likeness (QED) is 0.333. The lowest BCUT2D eigenvalue weighted by atomic mass is 10.1. The van der Waals surface area contributed by atoms with Crippen LogP contribution in [0.1, 0.15) is 29.5 Å². The van der Waals surface area contributed by atoms with Crippen molar-refractivity contribution in [3.8, 4) is 11.5 Å². The molecular weight excluding hydrogens is 424 g/mol. The van der Waals surface area contributed by atoms with Gasteiger partial charge in [-0.1, -0.05) is 54.6 Å². The zero-order valence-electron chi connectivity index (χ0n) is 19.5. The summed E-state index contributed by atoms with van der Waals surface area (Å²) in [5.74, 6) is 1.82. The molecule has 0 radical (unpaired) electrons. The Morgan fingerprint density at radius 1 is 0.971 bits per heavy atom. The Labute approximate surface area is 200 Å². The number of aromatic nitrogens is 1. The number of methoxy groups -OCH3 is 1. The van der Waals surface area contributed by atoms with Crippen molar-refractivity contribution in [3.05, 3.63) is 95.7 Å². The second kappa shape index (κ2) is 10.0. The normalized spacial score (nSPS) is 13.1. The molecule has 1 N–H and O–H groups in total. The zero-order valence-corrected chi connectivity index (χ0v) is 19.5. The van der Waals surface area contributed by atoms with Crippen LogP contribution in [0.25, 0.3) is 10.9 Å². The molecule has 0 aliphatic heterocycles. The van der Waals surface area contributed by atoms with Crippen LogP contribution in [0.2, 0.25) is 0 Å². The van der Waals surface area contributed by atoms with Crippen molar-refractivity contribution >= 4 is 16.8 Å². The van der Waals surface area contributed by atoms with Crippen molar-refractivity contribution in [1.82, 2.24) is 9.88 Å². The van der Waals surface area contributed by atoms with E-state index in [9.17, 15) is 4.79 Å². The molecule has 34 heavy (non-hydrogen) atoms. The standard InChI is InChI=1S/C29H30N2O3/c1-33-27-14-11-22(17-28(27)34-20-21-7-3-2-4-8-21)19-31(29(32)23-12-13-23)16-15-24-18-30-26-10-6-5-9-25(24)26/h2-11,14,17-18,23,30H,12-13,15-16,19-20H2,1H3. The molecule has 1 heterocycles. The van der Waals surface area contributed by atoms with Gasteiger partial charge in [0.1, 0.15) is 6.61 Å². The average Bonchev–Trinajstić information content (AvgIpc) is 3.66. The molecule has 1 aliphatic rings. The highest BCUT2D eigenvalue weighted by molar-refractivity contribution is 5.83. The first kappa shape index (κ1) is 22.1. The molecule has 1 saturated carbocycles. The number of amides is 1. The van der Waals surface area contributed by atoms with Crippen LogP contribution >= 0.6 is 0 Å². The number of hydrogen-bond donors (Lipinski definition) is 1. The number of benzene rings is 3. The SMILES string of the molecule is COc1ccc(CN(CCc2c[nH]c3ccccc23)C(=O)C2CC2)cc1OCc1ccccc1. The van der Waals surface area contributed by atoms with E-state index in [1.54, 1.807) is 7.11 Å². The van der Waals surface area contributed by atoms with Gasteiger partial charge in [-0.25, -0.2) is 0 Å². The lowest BCUT2D eigenvalue weighted by molar-refractivity contribution is -0.133. The van der Waals surface area contributed by atoms with Gasteiger partial charge in [-0.3, -0.25) is 4.79 Å². The monoisotopic (exact) mass is 454 g/mol. The Kier molecular flexibility index (Phi) is 6.52. The maximum Gasteiger partial charge on any atom is 0.225 e. The number of carbonyl (C=O) groups is 1. The van der Waals surface area contributed by atoms with Crippen LogP contribution in [0.3, 0.4) is 0 Å². The number of H-pyrrole nitrogens is 1. The van der Waals surface area contributed by atoms with E-state index in [-0.39, 0.29) is 11.8 Å². The average molecular weight is 455 g/mol. The van der Waals surface area contributed by atoms with Gasteiger partial charge in [0.05, 0.1) is 7.11 Å². The molecule has 1 fully saturated rings.